The first-order valence-electron chi connectivity index (χ1n) is 9.08. The molecule has 1 amide bonds. The Balaban J connectivity index is 1.83. The predicted molar refractivity (Wildman–Crippen MR) is 102 cm³/mol. The molecule has 1 N–H and O–H groups in total. The van der Waals surface area contributed by atoms with Crippen LogP contribution in [-0.2, 0) is 22.5 Å². The van der Waals surface area contributed by atoms with Crippen LogP contribution in [0.15, 0.2) is 29.1 Å². The summed E-state index contributed by atoms with van der Waals surface area (Å²) in [5.74, 6) is -0.500. The second kappa shape index (κ2) is 8.83. The summed E-state index contributed by atoms with van der Waals surface area (Å²) in [7, 11) is 1.36. The minimum atomic E-state index is -0.583. The normalized spacial score (nSPS) is 14.0. The molecule has 1 aromatic carbocycles. The van der Waals surface area contributed by atoms with E-state index < -0.39 is 11.7 Å². The van der Waals surface area contributed by atoms with E-state index >= 15 is 0 Å². The van der Waals surface area contributed by atoms with E-state index in [1.165, 1.54) is 35.9 Å². The lowest BCUT2D eigenvalue weighted by Crippen LogP contribution is -2.42. The van der Waals surface area contributed by atoms with Crippen molar-refractivity contribution in [3.8, 4) is 5.75 Å². The number of amides is 1. The second-order valence-corrected chi connectivity index (χ2v) is 6.32. The van der Waals surface area contributed by atoms with Gasteiger partial charge in [-0.15, -0.1) is 0 Å². The second-order valence-electron chi connectivity index (χ2n) is 6.32. The number of hydrogen-bond acceptors (Lipinski definition) is 6. The molecule has 2 aromatic rings. The van der Waals surface area contributed by atoms with Crippen LogP contribution in [0, 0.1) is 5.82 Å². The van der Waals surface area contributed by atoms with Gasteiger partial charge in [0.25, 0.3) is 5.56 Å². The van der Waals surface area contributed by atoms with Gasteiger partial charge in [0.05, 0.1) is 20.3 Å². The van der Waals surface area contributed by atoms with Crippen LogP contribution in [0.2, 0.25) is 0 Å². The summed E-state index contributed by atoms with van der Waals surface area (Å²) in [5, 5.41) is 2.60. The molecule has 1 aliphatic rings. The molecule has 0 bridgehead atoms. The lowest BCUT2D eigenvalue weighted by Gasteiger charge is -2.29. The van der Waals surface area contributed by atoms with Crippen molar-refractivity contribution in [1.29, 1.82) is 0 Å². The summed E-state index contributed by atoms with van der Waals surface area (Å²) in [4.78, 5) is 31.6. The van der Waals surface area contributed by atoms with Crippen LogP contribution in [0.25, 0.3) is 0 Å². The Kier molecular flexibility index (Phi) is 6.25. The Labute approximate surface area is 161 Å². The quantitative estimate of drug-likeness (QED) is 0.803. The highest BCUT2D eigenvalue weighted by atomic mass is 19.1. The fourth-order valence-electron chi connectivity index (χ4n) is 2.96. The van der Waals surface area contributed by atoms with E-state index in [1.807, 2.05) is 11.8 Å². The zero-order valence-corrected chi connectivity index (χ0v) is 15.9. The van der Waals surface area contributed by atoms with Crippen LogP contribution < -0.4 is 20.5 Å². The molecule has 2 heterocycles. The average molecular weight is 390 g/mol. The number of benzene rings is 1. The van der Waals surface area contributed by atoms with Crippen molar-refractivity contribution in [1.82, 2.24) is 9.55 Å². The summed E-state index contributed by atoms with van der Waals surface area (Å²) >= 11 is 0. The van der Waals surface area contributed by atoms with Gasteiger partial charge in [-0.2, -0.15) is 0 Å². The lowest BCUT2D eigenvalue weighted by atomic mass is 10.3. The molecule has 8 nitrogen and oxygen atoms in total. The molecule has 0 radical (unpaired) electrons. The van der Waals surface area contributed by atoms with Crippen molar-refractivity contribution in [2.45, 2.75) is 19.9 Å². The lowest BCUT2D eigenvalue weighted by molar-refractivity contribution is -0.116. The number of aryl methyl sites for hydroxylation is 1. The largest absolute Gasteiger partial charge is 0.494 e. The van der Waals surface area contributed by atoms with Gasteiger partial charge >= 0.3 is 0 Å². The highest BCUT2D eigenvalue weighted by molar-refractivity contribution is 5.90. The van der Waals surface area contributed by atoms with Gasteiger partial charge < -0.3 is 19.7 Å². The van der Waals surface area contributed by atoms with E-state index in [1.54, 1.807) is 0 Å². The number of carbonyl (C=O) groups is 1. The van der Waals surface area contributed by atoms with E-state index in [0.29, 0.717) is 44.4 Å². The van der Waals surface area contributed by atoms with E-state index in [-0.39, 0.29) is 23.5 Å². The van der Waals surface area contributed by atoms with Crippen molar-refractivity contribution in [2.75, 3.05) is 43.6 Å². The standard InChI is InChI=1S/C19H23FN4O4/c1-3-13-11-18(26)24(19(22-13)23-6-8-28-9-7-23)12-17(25)21-14-4-5-16(27-2)15(20)10-14/h4-5,10-11H,3,6-9,12H2,1-2H3,(H,21,25). The van der Waals surface area contributed by atoms with Gasteiger partial charge in [-0.1, -0.05) is 6.92 Å². The first-order valence-corrected chi connectivity index (χ1v) is 9.08. The highest BCUT2D eigenvalue weighted by Gasteiger charge is 2.20. The van der Waals surface area contributed by atoms with Crippen LogP contribution in [0.3, 0.4) is 0 Å². The number of ether oxygens (including phenoxy) is 2. The molecular formula is C19H23FN4O4. The van der Waals surface area contributed by atoms with Crippen molar-refractivity contribution in [3.05, 3.63) is 46.1 Å². The van der Waals surface area contributed by atoms with Gasteiger partial charge in [-0.05, 0) is 18.6 Å². The Hall–Kier alpha value is -2.94. The minimum Gasteiger partial charge on any atom is -0.494 e. The van der Waals surface area contributed by atoms with Crippen LogP contribution in [0.5, 0.6) is 5.75 Å². The number of anilines is 2. The molecule has 0 saturated carbocycles. The predicted octanol–water partition coefficient (Wildman–Crippen LogP) is 1.43. The number of halogens is 1. The van der Waals surface area contributed by atoms with E-state index in [0.717, 1.165) is 0 Å². The van der Waals surface area contributed by atoms with Crippen LogP contribution in [-0.4, -0.2) is 48.9 Å². The summed E-state index contributed by atoms with van der Waals surface area (Å²) in [6, 6.07) is 5.56. The summed E-state index contributed by atoms with van der Waals surface area (Å²) in [6.07, 6.45) is 0.616. The minimum absolute atomic E-state index is 0.0863. The van der Waals surface area contributed by atoms with Gasteiger partial charge in [0.2, 0.25) is 11.9 Å². The summed E-state index contributed by atoms with van der Waals surface area (Å²) < 4.78 is 25.4. The monoisotopic (exact) mass is 390 g/mol. The van der Waals surface area contributed by atoms with Crippen molar-refractivity contribution < 1.29 is 18.7 Å². The van der Waals surface area contributed by atoms with E-state index in [2.05, 4.69) is 10.3 Å². The Morgan fingerprint density at radius 1 is 1.32 bits per heavy atom. The molecule has 0 spiro atoms. The maximum Gasteiger partial charge on any atom is 0.255 e. The number of nitrogens with one attached hydrogen (secondary N) is 1. The number of nitrogens with zero attached hydrogens (tertiary/aromatic N) is 3. The Morgan fingerprint density at radius 3 is 2.71 bits per heavy atom. The molecule has 1 aromatic heterocycles. The molecule has 0 unspecified atom stereocenters. The maximum atomic E-state index is 13.8. The van der Waals surface area contributed by atoms with Gasteiger partial charge in [-0.25, -0.2) is 9.37 Å². The molecule has 1 fully saturated rings. The van der Waals surface area contributed by atoms with E-state index in [9.17, 15) is 14.0 Å². The zero-order chi connectivity index (χ0) is 20.1. The summed E-state index contributed by atoms with van der Waals surface area (Å²) in [5.41, 5.74) is 0.646. The molecule has 0 atom stereocenters. The molecule has 1 saturated heterocycles. The molecule has 3 rings (SSSR count). The van der Waals surface area contributed by atoms with Crippen LogP contribution in [0.4, 0.5) is 16.0 Å². The third-order valence-electron chi connectivity index (χ3n) is 4.43. The topological polar surface area (TPSA) is 85.7 Å². The van der Waals surface area contributed by atoms with Crippen LogP contribution in [0.1, 0.15) is 12.6 Å². The third-order valence-corrected chi connectivity index (χ3v) is 4.43. The van der Waals surface area contributed by atoms with Crippen molar-refractivity contribution in [3.63, 3.8) is 0 Å². The number of rotatable bonds is 6. The van der Waals surface area contributed by atoms with Crippen molar-refractivity contribution in [2.24, 2.45) is 0 Å². The molecular weight excluding hydrogens is 367 g/mol. The first kappa shape index (κ1) is 19.8. The van der Waals surface area contributed by atoms with Gasteiger partial charge in [0.1, 0.15) is 6.54 Å². The Morgan fingerprint density at radius 2 is 2.07 bits per heavy atom. The number of carbonyl (C=O) groups excluding carboxylic acids is 1. The zero-order valence-electron chi connectivity index (χ0n) is 15.9. The number of morpholine rings is 1. The average Bonchev–Trinajstić information content (AvgIpc) is 2.70. The molecule has 150 valence electrons. The van der Waals surface area contributed by atoms with Gasteiger partial charge in [-0.3, -0.25) is 14.2 Å². The van der Waals surface area contributed by atoms with Crippen LogP contribution >= 0.6 is 0 Å². The SMILES string of the molecule is CCc1cc(=O)n(CC(=O)Nc2ccc(OC)c(F)c2)c(N2CCOCC2)n1. The van der Waals surface area contributed by atoms with Gasteiger partial charge in [0, 0.05) is 36.6 Å². The van der Waals surface area contributed by atoms with Crippen molar-refractivity contribution >= 4 is 17.5 Å². The molecule has 0 aliphatic carbocycles. The number of hydrogen-bond donors (Lipinski definition) is 1. The van der Waals surface area contributed by atoms with Gasteiger partial charge in [0.15, 0.2) is 11.6 Å². The number of aromatic nitrogens is 2. The smallest absolute Gasteiger partial charge is 0.255 e. The molecule has 1 aliphatic heterocycles. The molecule has 28 heavy (non-hydrogen) atoms. The fourth-order valence-corrected chi connectivity index (χ4v) is 2.96. The fraction of sp³-hybridized carbons (Fsp3) is 0.421. The van der Waals surface area contributed by atoms with E-state index in [4.69, 9.17) is 9.47 Å². The summed E-state index contributed by atoms with van der Waals surface area (Å²) in [6.45, 7) is 3.93. The first-order chi connectivity index (χ1) is 13.5. The molecule has 9 heteroatoms. The maximum absolute atomic E-state index is 13.8. The Bertz CT molecular complexity index is 909. The highest BCUT2D eigenvalue weighted by Crippen LogP contribution is 2.21. The third kappa shape index (κ3) is 4.48. The number of methoxy groups -OCH3 is 1.